The molecule has 34 heavy (non-hydrogen) atoms. The number of aromatic hydroxyl groups is 1. The maximum atomic E-state index is 13.7. The molecule has 4 aromatic rings. The second-order valence-corrected chi connectivity index (χ2v) is 8.28. The third-order valence-electron chi connectivity index (χ3n) is 6.22. The van der Waals surface area contributed by atoms with Crippen LogP contribution in [0.2, 0.25) is 0 Å². The van der Waals surface area contributed by atoms with Gasteiger partial charge in [-0.15, -0.1) is 11.6 Å². The lowest BCUT2D eigenvalue weighted by molar-refractivity contribution is 0.0984. The van der Waals surface area contributed by atoms with Crippen LogP contribution in [0.4, 0.5) is 5.69 Å². The Bertz CT molecular complexity index is 1500. The molecule has 0 bridgehead atoms. The van der Waals surface area contributed by atoms with Crippen LogP contribution in [0.25, 0.3) is 21.8 Å². The monoisotopic (exact) mass is 480 g/mol. The van der Waals surface area contributed by atoms with Crippen LogP contribution in [0.15, 0.2) is 24.3 Å². The van der Waals surface area contributed by atoms with Crippen LogP contribution in [0.1, 0.15) is 27.7 Å². The number of nitriles is 1. The van der Waals surface area contributed by atoms with Crippen LogP contribution in [0.3, 0.4) is 0 Å². The summed E-state index contributed by atoms with van der Waals surface area (Å²) in [6.45, 7) is 0.336. The number of rotatable bonds is 5. The maximum Gasteiger partial charge on any atom is 0.274 e. The van der Waals surface area contributed by atoms with Crippen LogP contribution in [-0.2, 0) is 0 Å². The van der Waals surface area contributed by atoms with E-state index in [4.69, 9.17) is 25.8 Å². The van der Waals surface area contributed by atoms with Crippen LogP contribution >= 0.6 is 11.6 Å². The van der Waals surface area contributed by atoms with E-state index in [0.29, 0.717) is 62.7 Å². The van der Waals surface area contributed by atoms with Crippen LogP contribution in [0, 0.1) is 11.3 Å². The molecule has 5 rings (SSSR count). The molecule has 174 valence electrons. The van der Waals surface area contributed by atoms with Gasteiger partial charge in [0.1, 0.15) is 23.2 Å². The van der Waals surface area contributed by atoms with Gasteiger partial charge in [0.05, 0.1) is 38.1 Å². The Labute approximate surface area is 199 Å². The van der Waals surface area contributed by atoms with Crippen LogP contribution < -0.4 is 19.1 Å². The maximum absolute atomic E-state index is 13.7. The number of carbonyl (C=O) groups is 1. The lowest BCUT2D eigenvalue weighted by atomic mass is 9.99. The number of phenols is 1. The van der Waals surface area contributed by atoms with Crippen molar-refractivity contribution in [3.05, 3.63) is 41.2 Å². The molecule has 3 heterocycles. The largest absolute Gasteiger partial charge is 0.506 e. The fraction of sp³-hybridized carbons (Fsp3) is 0.250. The number of amides is 1. The molecule has 0 saturated carbocycles. The molecule has 9 nitrogen and oxygen atoms in total. The van der Waals surface area contributed by atoms with Crippen molar-refractivity contribution in [1.82, 2.24) is 9.97 Å². The van der Waals surface area contributed by atoms with E-state index >= 15 is 0 Å². The Kier molecular flexibility index (Phi) is 5.18. The average Bonchev–Trinajstić information content (AvgIpc) is 3.56. The molecular weight excluding hydrogens is 460 g/mol. The topological polar surface area (TPSA) is 124 Å². The first-order valence-corrected chi connectivity index (χ1v) is 11.0. The van der Waals surface area contributed by atoms with Gasteiger partial charge in [-0.1, -0.05) is 0 Å². The summed E-state index contributed by atoms with van der Waals surface area (Å²) >= 11 is 6.28. The fourth-order valence-corrected chi connectivity index (χ4v) is 4.98. The summed E-state index contributed by atoms with van der Waals surface area (Å²) in [5, 5.41) is 21.3. The Morgan fingerprint density at radius 3 is 2.56 bits per heavy atom. The van der Waals surface area contributed by atoms with Crippen molar-refractivity contribution in [1.29, 1.82) is 5.26 Å². The number of aromatic amines is 2. The van der Waals surface area contributed by atoms with E-state index < -0.39 is 0 Å². The Balaban J connectivity index is 1.64. The summed E-state index contributed by atoms with van der Waals surface area (Å²) in [4.78, 5) is 21.3. The number of ether oxygens (including phenoxy) is 3. The molecule has 1 unspecified atom stereocenters. The summed E-state index contributed by atoms with van der Waals surface area (Å²) in [6.07, 6.45) is 0. The van der Waals surface area contributed by atoms with Crippen molar-refractivity contribution in [2.75, 3.05) is 38.7 Å². The van der Waals surface area contributed by atoms with Gasteiger partial charge in [-0.25, -0.2) is 0 Å². The number of nitrogens with one attached hydrogen (secondary N) is 2. The number of phenolic OH excluding ortho intramolecular Hbond substituents is 1. The molecule has 2 aromatic heterocycles. The smallest absolute Gasteiger partial charge is 0.274 e. The molecule has 0 spiro atoms. The highest BCUT2D eigenvalue weighted by atomic mass is 35.5. The van der Waals surface area contributed by atoms with Gasteiger partial charge < -0.3 is 34.2 Å². The average molecular weight is 481 g/mol. The van der Waals surface area contributed by atoms with E-state index in [9.17, 15) is 15.2 Å². The number of alkyl halides is 1. The van der Waals surface area contributed by atoms with E-state index in [0.717, 1.165) is 5.56 Å². The predicted octanol–water partition coefficient (Wildman–Crippen LogP) is 4.24. The first-order valence-electron chi connectivity index (χ1n) is 10.4. The number of carbonyl (C=O) groups excluding carboxylic acids is 1. The second kappa shape index (κ2) is 8.08. The zero-order valence-corrected chi connectivity index (χ0v) is 19.4. The van der Waals surface area contributed by atoms with E-state index in [1.165, 1.54) is 27.4 Å². The van der Waals surface area contributed by atoms with Gasteiger partial charge in [-0.05, 0) is 23.8 Å². The molecule has 0 radical (unpaired) electrons. The summed E-state index contributed by atoms with van der Waals surface area (Å²) in [5.74, 6) is 1.10. The number of nitrogens with zero attached hydrogens (tertiary/aromatic N) is 2. The van der Waals surface area contributed by atoms with Gasteiger partial charge in [0.25, 0.3) is 5.91 Å². The Morgan fingerprint density at radius 2 is 1.91 bits per heavy atom. The number of hydrogen-bond donors (Lipinski definition) is 3. The second-order valence-electron chi connectivity index (χ2n) is 7.97. The van der Waals surface area contributed by atoms with Crippen molar-refractivity contribution in [3.8, 4) is 29.1 Å². The van der Waals surface area contributed by atoms with Gasteiger partial charge in [-0.2, -0.15) is 5.26 Å². The van der Waals surface area contributed by atoms with Crippen molar-refractivity contribution >= 4 is 45.0 Å². The number of anilines is 1. The van der Waals surface area contributed by atoms with Gasteiger partial charge in [0.2, 0.25) is 5.75 Å². The number of H-pyrrole nitrogens is 2. The minimum atomic E-state index is -0.292. The molecule has 10 heteroatoms. The van der Waals surface area contributed by atoms with Crippen molar-refractivity contribution in [2.45, 2.75) is 5.92 Å². The number of benzene rings is 2. The van der Waals surface area contributed by atoms with Crippen molar-refractivity contribution in [3.63, 3.8) is 0 Å². The molecule has 1 aliphatic rings. The zero-order valence-electron chi connectivity index (χ0n) is 18.7. The lowest BCUT2D eigenvalue weighted by Crippen LogP contribution is -2.30. The predicted molar refractivity (Wildman–Crippen MR) is 128 cm³/mol. The summed E-state index contributed by atoms with van der Waals surface area (Å²) in [7, 11) is 4.56. The van der Waals surface area contributed by atoms with Gasteiger partial charge in [-0.3, -0.25) is 4.79 Å². The summed E-state index contributed by atoms with van der Waals surface area (Å²) in [5.41, 5.74) is 3.09. The van der Waals surface area contributed by atoms with Gasteiger partial charge >= 0.3 is 0 Å². The number of hydrogen-bond acceptors (Lipinski definition) is 6. The number of halogens is 1. The zero-order chi connectivity index (χ0) is 24.1. The van der Waals surface area contributed by atoms with Crippen LogP contribution in [0.5, 0.6) is 23.0 Å². The Hall–Kier alpha value is -4.03. The van der Waals surface area contributed by atoms with Crippen LogP contribution in [-0.4, -0.2) is 54.7 Å². The molecule has 1 aliphatic heterocycles. The third kappa shape index (κ3) is 3.03. The minimum absolute atomic E-state index is 0.0453. The summed E-state index contributed by atoms with van der Waals surface area (Å²) < 4.78 is 16.4. The van der Waals surface area contributed by atoms with E-state index in [1.54, 1.807) is 23.1 Å². The molecule has 0 fully saturated rings. The highest BCUT2D eigenvalue weighted by Gasteiger charge is 2.36. The third-order valence-corrected chi connectivity index (χ3v) is 6.59. The van der Waals surface area contributed by atoms with E-state index in [-0.39, 0.29) is 23.5 Å². The molecular formula is C24H21ClN4O5. The molecule has 0 saturated heterocycles. The van der Waals surface area contributed by atoms with E-state index in [2.05, 4.69) is 16.0 Å². The molecule has 1 atom stereocenters. The summed E-state index contributed by atoms with van der Waals surface area (Å²) in [6, 6.07) is 8.75. The van der Waals surface area contributed by atoms with Crippen molar-refractivity contribution in [2.24, 2.45) is 0 Å². The fourth-order valence-electron chi connectivity index (χ4n) is 4.73. The van der Waals surface area contributed by atoms with E-state index in [1.807, 2.05) is 0 Å². The molecule has 1 amide bonds. The first kappa shape index (κ1) is 21.8. The lowest BCUT2D eigenvalue weighted by Gasteiger charge is -2.17. The number of methoxy groups -OCH3 is 3. The number of aromatic nitrogens is 2. The first-order chi connectivity index (χ1) is 16.4. The normalized spacial score (nSPS) is 14.9. The van der Waals surface area contributed by atoms with Crippen molar-refractivity contribution < 1.29 is 24.1 Å². The Morgan fingerprint density at radius 1 is 1.15 bits per heavy atom. The highest BCUT2D eigenvalue weighted by Crippen LogP contribution is 2.47. The number of fused-ring (bicyclic) bond motifs is 4. The van der Waals surface area contributed by atoms with Gasteiger partial charge in [0.15, 0.2) is 11.5 Å². The molecule has 0 aliphatic carbocycles. The highest BCUT2D eigenvalue weighted by molar-refractivity contribution is 6.19. The molecule has 3 N–H and O–H groups in total. The quantitative estimate of drug-likeness (QED) is 0.367. The standard InChI is InChI=1S/C24H21ClN4O5/c1-32-18-5-11-4-15(28-20(11)23(34-3)22(18)33-2)24(31)29-10-12(8-25)19-14-6-13(9-26)27-21(14)17(30)7-16(19)29/h4-7,12,27-28,30H,8,10H2,1-3H3. The molecule has 2 aromatic carbocycles. The van der Waals surface area contributed by atoms with Gasteiger partial charge in [0, 0.05) is 35.2 Å². The minimum Gasteiger partial charge on any atom is -0.506 e. The SMILES string of the molecule is COc1cc2cc(C(=O)N3CC(CCl)c4c3cc(O)c3[nH]c(C#N)cc43)[nH]c2c(OC)c1OC.